The van der Waals surface area contributed by atoms with Crippen LogP contribution in [0, 0.1) is 0 Å². The van der Waals surface area contributed by atoms with E-state index in [-0.39, 0.29) is 6.61 Å². The predicted octanol–water partition coefficient (Wildman–Crippen LogP) is -0.197. The molecule has 7 heteroatoms. The van der Waals surface area contributed by atoms with Gasteiger partial charge in [0.25, 0.3) is 10.1 Å². The van der Waals surface area contributed by atoms with Crippen LogP contribution in [0.25, 0.3) is 0 Å². The molecule has 0 aliphatic carbocycles. The standard InChI is InChI=1S/C7H13NO5S/c1-8-4-3-6(13-7(8)9)5-12-14(2,10)11/h6H,3-5H2,1-2H3/t6-/m0/s1. The van der Waals surface area contributed by atoms with E-state index in [1.54, 1.807) is 7.05 Å². The highest BCUT2D eigenvalue weighted by molar-refractivity contribution is 7.85. The summed E-state index contributed by atoms with van der Waals surface area (Å²) in [6.07, 6.45) is 0.633. The van der Waals surface area contributed by atoms with Crippen LogP contribution in [0.4, 0.5) is 4.79 Å². The normalized spacial score (nSPS) is 23.4. The van der Waals surface area contributed by atoms with Crippen LogP contribution in [-0.2, 0) is 19.0 Å². The summed E-state index contributed by atoms with van der Waals surface area (Å²) in [5.41, 5.74) is 0. The number of hydrogen-bond acceptors (Lipinski definition) is 5. The molecule has 1 aliphatic heterocycles. The second kappa shape index (κ2) is 4.14. The lowest BCUT2D eigenvalue weighted by atomic mass is 10.2. The number of hydrogen-bond donors (Lipinski definition) is 0. The van der Waals surface area contributed by atoms with E-state index >= 15 is 0 Å². The predicted molar refractivity (Wildman–Crippen MR) is 48.3 cm³/mol. The van der Waals surface area contributed by atoms with Crippen LogP contribution in [0.15, 0.2) is 0 Å². The van der Waals surface area contributed by atoms with Gasteiger partial charge in [0, 0.05) is 20.0 Å². The molecule has 0 aromatic rings. The van der Waals surface area contributed by atoms with Crippen molar-refractivity contribution in [2.24, 2.45) is 0 Å². The molecule has 14 heavy (non-hydrogen) atoms. The SMILES string of the molecule is CN1CC[C@@H](COS(C)(=O)=O)OC1=O. The molecule has 82 valence electrons. The number of cyclic esters (lactones) is 1. The third-order valence-corrected chi connectivity index (χ3v) is 2.40. The van der Waals surface area contributed by atoms with Crippen molar-refractivity contribution in [3.8, 4) is 0 Å². The zero-order valence-electron chi connectivity index (χ0n) is 8.10. The van der Waals surface area contributed by atoms with Crippen molar-refractivity contribution in [1.29, 1.82) is 0 Å². The maximum absolute atomic E-state index is 11.0. The summed E-state index contributed by atoms with van der Waals surface area (Å²) in [7, 11) is -1.84. The highest BCUT2D eigenvalue weighted by atomic mass is 32.2. The van der Waals surface area contributed by atoms with Crippen molar-refractivity contribution in [2.45, 2.75) is 12.5 Å². The molecule has 0 saturated carbocycles. The van der Waals surface area contributed by atoms with E-state index in [1.807, 2.05) is 0 Å². The van der Waals surface area contributed by atoms with E-state index in [0.29, 0.717) is 13.0 Å². The average molecular weight is 223 g/mol. The van der Waals surface area contributed by atoms with Crippen molar-refractivity contribution in [2.75, 3.05) is 26.5 Å². The lowest BCUT2D eigenvalue weighted by Gasteiger charge is -2.28. The summed E-state index contributed by atoms with van der Waals surface area (Å²) in [5, 5.41) is 0. The lowest BCUT2D eigenvalue weighted by Crippen LogP contribution is -2.41. The van der Waals surface area contributed by atoms with Crippen LogP contribution in [0.3, 0.4) is 0 Å². The van der Waals surface area contributed by atoms with Crippen LogP contribution in [0.5, 0.6) is 0 Å². The number of amides is 1. The molecule has 0 bridgehead atoms. The molecule has 1 aliphatic rings. The third kappa shape index (κ3) is 3.51. The monoisotopic (exact) mass is 223 g/mol. The van der Waals surface area contributed by atoms with Gasteiger partial charge in [-0.25, -0.2) is 4.79 Å². The minimum atomic E-state index is -3.46. The molecule has 6 nitrogen and oxygen atoms in total. The quantitative estimate of drug-likeness (QED) is 0.620. The fourth-order valence-electron chi connectivity index (χ4n) is 1.04. The van der Waals surface area contributed by atoms with Gasteiger partial charge in [0.05, 0.1) is 6.26 Å². The lowest BCUT2D eigenvalue weighted by molar-refractivity contribution is 0.0120. The summed E-state index contributed by atoms with van der Waals surface area (Å²) in [6, 6.07) is 0. The maximum Gasteiger partial charge on any atom is 0.409 e. The summed E-state index contributed by atoms with van der Waals surface area (Å²) >= 11 is 0. The van der Waals surface area contributed by atoms with Gasteiger partial charge in [0.15, 0.2) is 0 Å². The molecule has 0 spiro atoms. The second-order valence-corrected chi connectivity index (χ2v) is 4.85. The first-order valence-electron chi connectivity index (χ1n) is 4.14. The molecule has 1 saturated heterocycles. The van der Waals surface area contributed by atoms with Crippen LogP contribution in [0.2, 0.25) is 0 Å². The summed E-state index contributed by atoms with van der Waals surface area (Å²) in [5.74, 6) is 0. The van der Waals surface area contributed by atoms with E-state index in [4.69, 9.17) is 4.74 Å². The Morgan fingerprint density at radius 1 is 1.64 bits per heavy atom. The molecule has 1 heterocycles. The van der Waals surface area contributed by atoms with Gasteiger partial charge in [0.2, 0.25) is 0 Å². The molecule has 1 amide bonds. The van der Waals surface area contributed by atoms with E-state index in [0.717, 1.165) is 6.26 Å². The first-order valence-corrected chi connectivity index (χ1v) is 5.96. The topological polar surface area (TPSA) is 72.9 Å². The fourth-order valence-corrected chi connectivity index (χ4v) is 1.44. The largest absolute Gasteiger partial charge is 0.444 e. The zero-order valence-corrected chi connectivity index (χ0v) is 8.91. The van der Waals surface area contributed by atoms with Gasteiger partial charge in [-0.05, 0) is 0 Å². The van der Waals surface area contributed by atoms with Gasteiger partial charge in [-0.3, -0.25) is 4.18 Å². The molecule has 0 N–H and O–H groups in total. The van der Waals surface area contributed by atoms with Gasteiger partial charge in [0.1, 0.15) is 12.7 Å². The molecule has 1 rings (SSSR count). The van der Waals surface area contributed by atoms with Crippen molar-refractivity contribution >= 4 is 16.2 Å². The van der Waals surface area contributed by atoms with Crippen molar-refractivity contribution < 1.29 is 22.1 Å². The summed E-state index contributed by atoms with van der Waals surface area (Å²) in [6.45, 7) is 0.453. The molecule has 0 aromatic heterocycles. The molecule has 1 atom stereocenters. The molecule has 0 unspecified atom stereocenters. The first kappa shape index (κ1) is 11.3. The van der Waals surface area contributed by atoms with E-state index < -0.39 is 22.3 Å². The van der Waals surface area contributed by atoms with Crippen LogP contribution >= 0.6 is 0 Å². The minimum Gasteiger partial charge on any atom is -0.444 e. The Kier molecular flexibility index (Phi) is 3.33. The second-order valence-electron chi connectivity index (χ2n) is 3.20. The Morgan fingerprint density at radius 3 is 2.79 bits per heavy atom. The Hall–Kier alpha value is -0.820. The fraction of sp³-hybridized carbons (Fsp3) is 0.857. The highest BCUT2D eigenvalue weighted by Gasteiger charge is 2.25. The van der Waals surface area contributed by atoms with Crippen molar-refractivity contribution in [1.82, 2.24) is 4.90 Å². The maximum atomic E-state index is 11.0. The van der Waals surface area contributed by atoms with Crippen molar-refractivity contribution in [3.05, 3.63) is 0 Å². The van der Waals surface area contributed by atoms with Crippen LogP contribution in [-0.4, -0.2) is 52.0 Å². The summed E-state index contributed by atoms with van der Waals surface area (Å²) < 4.78 is 30.7. The third-order valence-electron chi connectivity index (χ3n) is 1.83. The van der Waals surface area contributed by atoms with Crippen LogP contribution < -0.4 is 0 Å². The molecular formula is C7H13NO5S. The van der Waals surface area contributed by atoms with E-state index in [2.05, 4.69) is 4.18 Å². The minimum absolute atomic E-state index is 0.0988. The van der Waals surface area contributed by atoms with Gasteiger partial charge in [-0.1, -0.05) is 0 Å². The molecule has 0 aromatic carbocycles. The molecule has 1 fully saturated rings. The smallest absolute Gasteiger partial charge is 0.409 e. The molecule has 0 radical (unpaired) electrons. The number of carbonyl (C=O) groups is 1. The van der Waals surface area contributed by atoms with Crippen molar-refractivity contribution in [3.63, 3.8) is 0 Å². The van der Waals surface area contributed by atoms with E-state index in [9.17, 15) is 13.2 Å². The number of ether oxygens (including phenoxy) is 1. The van der Waals surface area contributed by atoms with Crippen LogP contribution in [0.1, 0.15) is 6.42 Å². The number of rotatable bonds is 3. The van der Waals surface area contributed by atoms with Gasteiger partial charge in [-0.2, -0.15) is 8.42 Å². The number of carbonyl (C=O) groups excluding carboxylic acids is 1. The van der Waals surface area contributed by atoms with Gasteiger partial charge < -0.3 is 9.64 Å². The Morgan fingerprint density at radius 2 is 2.29 bits per heavy atom. The number of nitrogens with zero attached hydrogens (tertiary/aromatic N) is 1. The van der Waals surface area contributed by atoms with Gasteiger partial charge in [-0.15, -0.1) is 0 Å². The highest BCUT2D eigenvalue weighted by Crippen LogP contribution is 2.10. The molecular weight excluding hydrogens is 210 g/mol. The Bertz CT molecular complexity index is 312. The van der Waals surface area contributed by atoms with E-state index in [1.165, 1.54) is 4.90 Å². The van der Waals surface area contributed by atoms with Gasteiger partial charge >= 0.3 is 6.09 Å². The Balaban J connectivity index is 2.38. The first-order chi connectivity index (χ1) is 6.38. The Labute approximate surface area is 82.9 Å². The summed E-state index contributed by atoms with van der Waals surface area (Å²) in [4.78, 5) is 12.5. The average Bonchev–Trinajstić information content (AvgIpc) is 2.06. The zero-order chi connectivity index (χ0) is 10.8.